The van der Waals surface area contributed by atoms with Gasteiger partial charge in [0.25, 0.3) is 0 Å². The number of aromatic nitrogens is 1. The van der Waals surface area contributed by atoms with Crippen LogP contribution in [0.15, 0.2) is 18.2 Å². The highest BCUT2D eigenvalue weighted by Gasteiger charge is 2.21. The lowest BCUT2D eigenvalue weighted by Crippen LogP contribution is -2.47. The van der Waals surface area contributed by atoms with E-state index < -0.39 is 15.6 Å². The Balaban J connectivity index is 2.60. The molecule has 6 nitrogen and oxygen atoms in total. The van der Waals surface area contributed by atoms with Crippen LogP contribution in [0.4, 0.5) is 11.6 Å². The molecule has 0 saturated heterocycles. The van der Waals surface area contributed by atoms with Gasteiger partial charge in [-0.1, -0.05) is 13.0 Å². The van der Waals surface area contributed by atoms with Crippen LogP contribution in [-0.2, 0) is 10.0 Å². The molecule has 0 aromatic carbocycles. The highest BCUT2D eigenvalue weighted by Crippen LogP contribution is 2.11. The minimum atomic E-state index is -3.23. The molecule has 0 spiro atoms. The van der Waals surface area contributed by atoms with E-state index in [9.17, 15) is 8.42 Å². The van der Waals surface area contributed by atoms with Crippen molar-refractivity contribution in [3.8, 4) is 0 Å². The fourth-order valence-electron chi connectivity index (χ4n) is 1.73. The van der Waals surface area contributed by atoms with Gasteiger partial charge in [-0.25, -0.2) is 18.1 Å². The predicted molar refractivity (Wildman–Crippen MR) is 83.6 cm³/mol. The van der Waals surface area contributed by atoms with Gasteiger partial charge in [0, 0.05) is 18.6 Å². The first-order chi connectivity index (χ1) is 9.22. The summed E-state index contributed by atoms with van der Waals surface area (Å²) >= 11 is 0. The van der Waals surface area contributed by atoms with Crippen LogP contribution < -0.4 is 15.4 Å². The van der Waals surface area contributed by atoms with Crippen molar-refractivity contribution < 1.29 is 8.42 Å². The van der Waals surface area contributed by atoms with Gasteiger partial charge in [0.1, 0.15) is 11.6 Å². The smallest absolute Gasteiger partial charge is 0.209 e. The number of anilines is 2. The maximum absolute atomic E-state index is 11.3. The van der Waals surface area contributed by atoms with Crippen molar-refractivity contribution in [3.05, 3.63) is 18.2 Å². The SMILES string of the molecule is CCCNc1cccc(NCC(C)(C)NS(C)(=O)=O)n1. The van der Waals surface area contributed by atoms with Gasteiger partial charge in [0.15, 0.2) is 0 Å². The van der Waals surface area contributed by atoms with Gasteiger partial charge in [-0.15, -0.1) is 0 Å². The van der Waals surface area contributed by atoms with Crippen LogP contribution in [0.3, 0.4) is 0 Å². The van der Waals surface area contributed by atoms with Gasteiger partial charge in [0.2, 0.25) is 10.0 Å². The van der Waals surface area contributed by atoms with E-state index in [0.29, 0.717) is 6.54 Å². The lowest BCUT2D eigenvalue weighted by Gasteiger charge is -2.25. The van der Waals surface area contributed by atoms with Crippen molar-refractivity contribution in [2.24, 2.45) is 0 Å². The summed E-state index contributed by atoms with van der Waals surface area (Å²) in [6.45, 7) is 7.05. The minimum Gasteiger partial charge on any atom is -0.370 e. The molecule has 7 heteroatoms. The third-order valence-corrected chi connectivity index (χ3v) is 3.40. The average molecular weight is 300 g/mol. The fraction of sp³-hybridized carbons (Fsp3) is 0.615. The molecule has 0 amide bonds. The van der Waals surface area contributed by atoms with Crippen molar-refractivity contribution >= 4 is 21.7 Å². The number of sulfonamides is 1. The molecule has 0 atom stereocenters. The van der Waals surface area contributed by atoms with Crippen LogP contribution in [0.5, 0.6) is 0 Å². The summed E-state index contributed by atoms with van der Waals surface area (Å²) < 4.78 is 25.1. The second-order valence-corrected chi connectivity index (χ2v) is 7.19. The van der Waals surface area contributed by atoms with Gasteiger partial charge >= 0.3 is 0 Å². The number of pyridine rings is 1. The van der Waals surface area contributed by atoms with Crippen LogP contribution >= 0.6 is 0 Å². The van der Waals surface area contributed by atoms with Gasteiger partial charge in [-0.3, -0.25) is 0 Å². The molecular weight excluding hydrogens is 276 g/mol. The zero-order valence-electron chi connectivity index (χ0n) is 12.5. The summed E-state index contributed by atoms with van der Waals surface area (Å²) in [6, 6.07) is 5.67. The van der Waals surface area contributed by atoms with Crippen molar-refractivity contribution in [1.29, 1.82) is 0 Å². The van der Waals surface area contributed by atoms with Crippen LogP contribution in [-0.4, -0.2) is 38.3 Å². The Kier molecular flexibility index (Phi) is 5.76. The normalized spacial score (nSPS) is 12.2. The fourth-order valence-corrected chi connectivity index (χ4v) is 2.81. The monoisotopic (exact) mass is 300 g/mol. The van der Waals surface area contributed by atoms with Crippen LogP contribution in [0.1, 0.15) is 27.2 Å². The Morgan fingerprint density at radius 2 is 1.80 bits per heavy atom. The maximum Gasteiger partial charge on any atom is 0.209 e. The van der Waals surface area contributed by atoms with Gasteiger partial charge in [-0.05, 0) is 32.4 Å². The summed E-state index contributed by atoms with van der Waals surface area (Å²) in [5.41, 5.74) is -0.581. The third-order valence-electron chi connectivity index (χ3n) is 2.48. The van der Waals surface area contributed by atoms with E-state index in [1.165, 1.54) is 0 Å². The largest absolute Gasteiger partial charge is 0.370 e. The first kappa shape index (κ1) is 16.7. The van der Waals surface area contributed by atoms with E-state index in [4.69, 9.17) is 0 Å². The Morgan fingerprint density at radius 3 is 2.35 bits per heavy atom. The zero-order valence-corrected chi connectivity index (χ0v) is 13.3. The van der Waals surface area contributed by atoms with Crippen LogP contribution in [0.25, 0.3) is 0 Å². The van der Waals surface area contributed by atoms with Gasteiger partial charge in [0.05, 0.1) is 6.26 Å². The third kappa shape index (κ3) is 6.72. The Hall–Kier alpha value is -1.34. The molecule has 114 valence electrons. The van der Waals surface area contributed by atoms with Crippen molar-refractivity contribution in [2.75, 3.05) is 30.0 Å². The molecule has 3 N–H and O–H groups in total. The second-order valence-electron chi connectivity index (χ2n) is 5.45. The van der Waals surface area contributed by atoms with Crippen LogP contribution in [0.2, 0.25) is 0 Å². The molecule has 0 saturated carbocycles. The number of rotatable bonds is 8. The number of nitrogens with one attached hydrogen (secondary N) is 3. The Labute approximate surface area is 121 Å². The molecule has 0 aliphatic carbocycles. The summed E-state index contributed by atoms with van der Waals surface area (Å²) in [4.78, 5) is 4.41. The lowest BCUT2D eigenvalue weighted by atomic mass is 10.1. The molecule has 20 heavy (non-hydrogen) atoms. The first-order valence-corrected chi connectivity index (χ1v) is 8.55. The summed E-state index contributed by atoms with van der Waals surface area (Å²) in [6.07, 6.45) is 2.19. The first-order valence-electron chi connectivity index (χ1n) is 6.65. The topological polar surface area (TPSA) is 83.1 Å². The molecule has 0 aliphatic rings. The molecular formula is C13H24N4O2S. The predicted octanol–water partition coefficient (Wildman–Crippen LogP) is 1.64. The molecule has 1 aromatic heterocycles. The number of hydrogen-bond acceptors (Lipinski definition) is 5. The highest BCUT2D eigenvalue weighted by molar-refractivity contribution is 7.88. The molecule has 1 heterocycles. The molecule has 0 bridgehead atoms. The van der Waals surface area contributed by atoms with Crippen molar-refractivity contribution in [1.82, 2.24) is 9.71 Å². The van der Waals surface area contributed by atoms with E-state index in [1.54, 1.807) is 0 Å². The second kappa shape index (κ2) is 6.90. The molecule has 0 aliphatic heterocycles. The lowest BCUT2D eigenvalue weighted by molar-refractivity contribution is 0.476. The molecule has 1 aromatic rings. The quantitative estimate of drug-likeness (QED) is 0.680. The van der Waals surface area contributed by atoms with E-state index in [-0.39, 0.29) is 0 Å². The average Bonchev–Trinajstić information content (AvgIpc) is 2.32. The standard InChI is InChI=1S/C13H24N4O2S/c1-5-9-14-11-7-6-8-12(16-11)15-10-13(2,3)17-20(4,18)19/h6-8,17H,5,9-10H2,1-4H3,(H2,14,15,16). The van der Waals surface area contributed by atoms with Gasteiger partial charge < -0.3 is 10.6 Å². The Morgan fingerprint density at radius 1 is 1.20 bits per heavy atom. The van der Waals surface area contributed by atoms with E-state index in [0.717, 1.165) is 30.9 Å². The minimum absolute atomic E-state index is 0.449. The van der Waals surface area contributed by atoms with E-state index in [2.05, 4.69) is 27.3 Å². The molecule has 0 fully saturated rings. The van der Waals surface area contributed by atoms with E-state index >= 15 is 0 Å². The zero-order chi connectivity index (χ0) is 15.2. The summed E-state index contributed by atoms with van der Waals surface area (Å²) in [5.74, 6) is 1.53. The summed E-state index contributed by atoms with van der Waals surface area (Å²) in [5, 5.41) is 6.35. The Bertz CT molecular complexity index is 529. The highest BCUT2D eigenvalue weighted by atomic mass is 32.2. The van der Waals surface area contributed by atoms with Gasteiger partial charge in [-0.2, -0.15) is 0 Å². The number of nitrogens with zero attached hydrogens (tertiary/aromatic N) is 1. The molecule has 0 radical (unpaired) electrons. The summed E-state index contributed by atoms with van der Waals surface area (Å²) in [7, 11) is -3.23. The number of hydrogen-bond donors (Lipinski definition) is 3. The van der Waals surface area contributed by atoms with Crippen LogP contribution in [0, 0.1) is 0 Å². The van der Waals surface area contributed by atoms with Crippen molar-refractivity contribution in [3.63, 3.8) is 0 Å². The van der Waals surface area contributed by atoms with E-state index in [1.807, 2.05) is 32.0 Å². The molecule has 1 rings (SSSR count). The van der Waals surface area contributed by atoms with Crippen molar-refractivity contribution in [2.45, 2.75) is 32.7 Å². The maximum atomic E-state index is 11.3. The molecule has 0 unspecified atom stereocenters.